The minimum Gasteiger partial charge on any atom is -0.298 e. The Hall–Kier alpha value is -0.570. The number of carbonyl (C=O) groups is 1. The van der Waals surface area contributed by atoms with Crippen LogP contribution in [0, 0.1) is 0 Å². The van der Waals surface area contributed by atoms with Gasteiger partial charge in [0.2, 0.25) is 0 Å². The standard InChI is InChI=1S/C7H14O3/c1-4-5-7(8)10-9-6(2)3/h6H,4-5H2,1-3H3. The van der Waals surface area contributed by atoms with Crippen LogP contribution in [0.1, 0.15) is 33.6 Å². The highest BCUT2D eigenvalue weighted by molar-refractivity contribution is 5.68. The molecule has 0 spiro atoms. The molecular formula is C7H14O3. The smallest absolute Gasteiger partial charge is 0.298 e. The lowest BCUT2D eigenvalue weighted by Crippen LogP contribution is -2.09. The highest BCUT2D eigenvalue weighted by atomic mass is 17.2. The third-order valence-corrected chi connectivity index (χ3v) is 0.788. The van der Waals surface area contributed by atoms with E-state index in [1.54, 1.807) is 13.8 Å². The van der Waals surface area contributed by atoms with E-state index in [4.69, 9.17) is 0 Å². The largest absolute Gasteiger partial charge is 0.342 e. The molecule has 10 heavy (non-hydrogen) atoms. The van der Waals surface area contributed by atoms with E-state index >= 15 is 0 Å². The van der Waals surface area contributed by atoms with Crippen LogP contribution in [0.25, 0.3) is 0 Å². The van der Waals surface area contributed by atoms with Gasteiger partial charge in [0.25, 0.3) is 0 Å². The Morgan fingerprint density at radius 2 is 2.10 bits per heavy atom. The summed E-state index contributed by atoms with van der Waals surface area (Å²) in [5.74, 6) is -0.295. The lowest BCUT2D eigenvalue weighted by Gasteiger charge is -2.04. The Balaban J connectivity index is 3.22. The zero-order chi connectivity index (χ0) is 7.98. The molecule has 0 bridgehead atoms. The quantitative estimate of drug-likeness (QED) is 0.447. The topological polar surface area (TPSA) is 35.5 Å². The molecule has 3 heteroatoms. The molecule has 0 aliphatic heterocycles. The number of hydrogen-bond donors (Lipinski definition) is 0. The lowest BCUT2D eigenvalue weighted by atomic mass is 10.3. The summed E-state index contributed by atoms with van der Waals surface area (Å²) in [5, 5.41) is 0. The maximum Gasteiger partial charge on any atom is 0.342 e. The molecule has 0 saturated heterocycles. The van der Waals surface area contributed by atoms with E-state index in [2.05, 4.69) is 9.78 Å². The van der Waals surface area contributed by atoms with E-state index in [0.29, 0.717) is 6.42 Å². The fourth-order valence-electron chi connectivity index (χ4n) is 0.396. The van der Waals surface area contributed by atoms with E-state index in [1.807, 2.05) is 6.92 Å². The summed E-state index contributed by atoms with van der Waals surface area (Å²) >= 11 is 0. The molecule has 0 radical (unpaired) electrons. The minimum atomic E-state index is -0.295. The van der Waals surface area contributed by atoms with Crippen molar-refractivity contribution in [2.45, 2.75) is 39.7 Å². The molecule has 0 rings (SSSR count). The number of hydrogen-bond acceptors (Lipinski definition) is 3. The van der Waals surface area contributed by atoms with E-state index < -0.39 is 0 Å². The third-order valence-electron chi connectivity index (χ3n) is 0.788. The Labute approximate surface area is 61.2 Å². The van der Waals surface area contributed by atoms with Crippen LogP contribution in [0.3, 0.4) is 0 Å². The van der Waals surface area contributed by atoms with Crippen molar-refractivity contribution in [3.8, 4) is 0 Å². The monoisotopic (exact) mass is 146 g/mol. The lowest BCUT2D eigenvalue weighted by molar-refractivity contribution is -0.291. The van der Waals surface area contributed by atoms with Crippen molar-refractivity contribution in [2.75, 3.05) is 0 Å². The summed E-state index contributed by atoms with van der Waals surface area (Å²) in [7, 11) is 0. The van der Waals surface area contributed by atoms with Gasteiger partial charge in [0.05, 0.1) is 6.10 Å². The first kappa shape index (κ1) is 9.43. The second-order valence-corrected chi connectivity index (χ2v) is 2.35. The van der Waals surface area contributed by atoms with Gasteiger partial charge in [0.15, 0.2) is 0 Å². The summed E-state index contributed by atoms with van der Waals surface area (Å²) in [6.45, 7) is 5.52. The van der Waals surface area contributed by atoms with Crippen molar-refractivity contribution >= 4 is 5.97 Å². The van der Waals surface area contributed by atoms with Crippen molar-refractivity contribution in [3.05, 3.63) is 0 Å². The first-order valence-corrected chi connectivity index (χ1v) is 3.53. The fraction of sp³-hybridized carbons (Fsp3) is 0.857. The summed E-state index contributed by atoms with van der Waals surface area (Å²) in [5.41, 5.74) is 0. The highest BCUT2D eigenvalue weighted by Gasteiger charge is 2.02. The van der Waals surface area contributed by atoms with E-state index in [0.717, 1.165) is 6.42 Å². The molecule has 0 heterocycles. The highest BCUT2D eigenvalue weighted by Crippen LogP contribution is 1.94. The molecule has 3 nitrogen and oxygen atoms in total. The Bertz CT molecular complexity index is 99.0. The maximum atomic E-state index is 10.6. The van der Waals surface area contributed by atoms with Crippen LogP contribution in [-0.4, -0.2) is 12.1 Å². The number of rotatable bonds is 4. The van der Waals surface area contributed by atoms with Crippen LogP contribution >= 0.6 is 0 Å². The molecule has 0 saturated carbocycles. The van der Waals surface area contributed by atoms with Crippen molar-refractivity contribution in [3.63, 3.8) is 0 Å². The van der Waals surface area contributed by atoms with Gasteiger partial charge in [0.1, 0.15) is 0 Å². The molecule has 0 atom stereocenters. The van der Waals surface area contributed by atoms with Gasteiger partial charge in [0, 0.05) is 6.42 Å². The van der Waals surface area contributed by atoms with Gasteiger partial charge in [-0.15, -0.1) is 0 Å². The first-order valence-electron chi connectivity index (χ1n) is 3.53. The van der Waals surface area contributed by atoms with Gasteiger partial charge >= 0.3 is 5.97 Å². The van der Waals surface area contributed by atoms with Gasteiger partial charge in [-0.2, -0.15) is 4.89 Å². The SMILES string of the molecule is CCCC(=O)OOC(C)C. The summed E-state index contributed by atoms with van der Waals surface area (Å²) in [6, 6.07) is 0. The predicted octanol–water partition coefficient (Wildman–Crippen LogP) is 1.67. The van der Waals surface area contributed by atoms with Crippen LogP contribution in [0.15, 0.2) is 0 Å². The van der Waals surface area contributed by atoms with Crippen LogP contribution in [0.5, 0.6) is 0 Å². The predicted molar refractivity (Wildman–Crippen MR) is 37.2 cm³/mol. The molecule has 0 aromatic carbocycles. The second kappa shape index (κ2) is 5.23. The minimum absolute atomic E-state index is 0.0548. The van der Waals surface area contributed by atoms with E-state index in [-0.39, 0.29) is 12.1 Å². The molecule has 0 aliphatic rings. The van der Waals surface area contributed by atoms with Gasteiger partial charge < -0.3 is 0 Å². The summed E-state index contributed by atoms with van der Waals surface area (Å²) in [6.07, 6.45) is 1.16. The van der Waals surface area contributed by atoms with Crippen molar-refractivity contribution in [2.24, 2.45) is 0 Å². The molecule has 0 fully saturated rings. The molecule has 0 aromatic heterocycles. The van der Waals surface area contributed by atoms with Gasteiger partial charge in [-0.05, 0) is 20.3 Å². The zero-order valence-corrected chi connectivity index (χ0v) is 6.72. The van der Waals surface area contributed by atoms with E-state index in [1.165, 1.54) is 0 Å². The number of carbonyl (C=O) groups excluding carboxylic acids is 1. The zero-order valence-electron chi connectivity index (χ0n) is 6.72. The molecule has 0 aromatic rings. The Morgan fingerprint density at radius 1 is 1.50 bits per heavy atom. The molecule has 0 N–H and O–H groups in total. The molecule has 0 aliphatic carbocycles. The van der Waals surface area contributed by atoms with Crippen LogP contribution in [0.4, 0.5) is 0 Å². The summed E-state index contributed by atoms with van der Waals surface area (Å²) < 4.78 is 0. The van der Waals surface area contributed by atoms with Gasteiger partial charge in [-0.1, -0.05) is 6.92 Å². The van der Waals surface area contributed by atoms with Crippen LogP contribution < -0.4 is 0 Å². The van der Waals surface area contributed by atoms with Crippen LogP contribution in [-0.2, 0) is 14.6 Å². The average molecular weight is 146 g/mol. The fourth-order valence-corrected chi connectivity index (χ4v) is 0.396. The van der Waals surface area contributed by atoms with E-state index in [9.17, 15) is 4.79 Å². The average Bonchev–Trinajstić information content (AvgIpc) is 1.85. The maximum absolute atomic E-state index is 10.6. The molecule has 0 unspecified atom stereocenters. The Kier molecular flexibility index (Phi) is 4.94. The first-order chi connectivity index (χ1) is 4.66. The van der Waals surface area contributed by atoms with Crippen molar-refractivity contribution < 1.29 is 14.6 Å². The normalized spacial score (nSPS) is 10.0. The molecular weight excluding hydrogens is 132 g/mol. The summed E-state index contributed by atoms with van der Waals surface area (Å²) in [4.78, 5) is 19.6. The third kappa shape index (κ3) is 5.56. The van der Waals surface area contributed by atoms with Crippen molar-refractivity contribution in [1.82, 2.24) is 0 Å². The van der Waals surface area contributed by atoms with Gasteiger partial charge in [-0.3, -0.25) is 4.89 Å². The molecule has 0 amide bonds. The van der Waals surface area contributed by atoms with Gasteiger partial charge in [-0.25, -0.2) is 4.79 Å². The molecule has 60 valence electrons. The second-order valence-electron chi connectivity index (χ2n) is 2.35. The van der Waals surface area contributed by atoms with Crippen LogP contribution in [0.2, 0.25) is 0 Å². The van der Waals surface area contributed by atoms with Crippen molar-refractivity contribution in [1.29, 1.82) is 0 Å². The Morgan fingerprint density at radius 3 is 2.50 bits per heavy atom.